The first kappa shape index (κ1) is 18.4. The smallest absolute Gasteiger partial charge is 0.266 e. The van der Waals surface area contributed by atoms with E-state index in [0.717, 1.165) is 27.6 Å². The molecule has 0 fully saturated rings. The Kier molecular flexibility index (Phi) is 4.95. The highest BCUT2D eigenvalue weighted by atomic mass is 32.1. The highest BCUT2D eigenvalue weighted by Gasteiger charge is 2.26. The molecule has 144 valence electrons. The summed E-state index contributed by atoms with van der Waals surface area (Å²) < 4.78 is 5.47. The van der Waals surface area contributed by atoms with Crippen LogP contribution in [0.4, 0.5) is 0 Å². The Balaban J connectivity index is 1.56. The van der Waals surface area contributed by atoms with Gasteiger partial charge in [-0.05, 0) is 38.1 Å². The van der Waals surface area contributed by atoms with Crippen molar-refractivity contribution < 1.29 is 9.53 Å². The molecule has 3 heterocycles. The summed E-state index contributed by atoms with van der Waals surface area (Å²) in [5.74, 6) is 0.754. The van der Waals surface area contributed by atoms with Gasteiger partial charge < -0.3 is 9.64 Å². The standard InChI is InChI=1S/C20H20N4O3S/c1-3-27-15-6-4-13(5-7-15)19-21-12(2)18(28-19)20(26)24-9-8-16-14(11-24)10-17(25)23-22-16/h4-7,10H,3,8-9,11H2,1-2H3,(H,23,25). The van der Waals surface area contributed by atoms with Gasteiger partial charge in [-0.15, -0.1) is 11.3 Å². The summed E-state index contributed by atoms with van der Waals surface area (Å²) in [6.45, 7) is 5.38. The van der Waals surface area contributed by atoms with Gasteiger partial charge in [0.1, 0.15) is 15.6 Å². The molecule has 1 aliphatic heterocycles. The van der Waals surface area contributed by atoms with Crippen molar-refractivity contribution in [2.75, 3.05) is 13.2 Å². The zero-order valence-corrected chi connectivity index (χ0v) is 16.5. The number of benzene rings is 1. The number of ether oxygens (including phenoxy) is 1. The van der Waals surface area contributed by atoms with Crippen molar-refractivity contribution in [3.63, 3.8) is 0 Å². The second-order valence-electron chi connectivity index (χ2n) is 6.57. The fourth-order valence-electron chi connectivity index (χ4n) is 3.24. The maximum absolute atomic E-state index is 13.1. The van der Waals surface area contributed by atoms with Crippen LogP contribution in [0.2, 0.25) is 0 Å². The van der Waals surface area contributed by atoms with Crippen LogP contribution in [-0.2, 0) is 13.0 Å². The molecule has 4 rings (SSSR count). The molecule has 0 radical (unpaired) electrons. The minimum absolute atomic E-state index is 0.0573. The molecule has 1 N–H and O–H groups in total. The molecule has 2 aromatic heterocycles. The van der Waals surface area contributed by atoms with Gasteiger partial charge in [0, 0.05) is 36.7 Å². The van der Waals surface area contributed by atoms with Crippen LogP contribution < -0.4 is 10.3 Å². The number of hydrogen-bond donors (Lipinski definition) is 1. The molecule has 1 aliphatic rings. The van der Waals surface area contributed by atoms with Crippen molar-refractivity contribution in [3.05, 3.63) is 62.5 Å². The molecule has 8 heteroatoms. The normalized spacial score (nSPS) is 13.3. The van der Waals surface area contributed by atoms with Crippen LogP contribution in [0.1, 0.15) is 33.5 Å². The Hall–Kier alpha value is -3.00. The van der Waals surface area contributed by atoms with E-state index < -0.39 is 0 Å². The lowest BCUT2D eigenvalue weighted by Gasteiger charge is -2.27. The Bertz CT molecular complexity index is 1070. The van der Waals surface area contributed by atoms with Crippen LogP contribution in [0, 0.1) is 6.92 Å². The molecule has 1 amide bonds. The Labute approximate surface area is 166 Å². The minimum Gasteiger partial charge on any atom is -0.494 e. The molecule has 0 atom stereocenters. The molecular weight excluding hydrogens is 376 g/mol. The predicted molar refractivity (Wildman–Crippen MR) is 107 cm³/mol. The Morgan fingerprint density at radius 3 is 2.86 bits per heavy atom. The van der Waals surface area contributed by atoms with Gasteiger partial charge in [0.2, 0.25) is 0 Å². The van der Waals surface area contributed by atoms with Crippen LogP contribution in [0.5, 0.6) is 5.75 Å². The number of amides is 1. The average molecular weight is 396 g/mol. The average Bonchev–Trinajstić information content (AvgIpc) is 3.09. The number of aromatic amines is 1. The number of H-pyrrole nitrogens is 1. The van der Waals surface area contributed by atoms with E-state index in [2.05, 4.69) is 15.2 Å². The monoisotopic (exact) mass is 396 g/mol. The van der Waals surface area contributed by atoms with Crippen molar-refractivity contribution >= 4 is 17.2 Å². The van der Waals surface area contributed by atoms with E-state index in [1.165, 1.54) is 17.4 Å². The number of aryl methyl sites for hydroxylation is 1. The number of rotatable bonds is 4. The van der Waals surface area contributed by atoms with Gasteiger partial charge in [-0.1, -0.05) is 0 Å². The fraction of sp³-hybridized carbons (Fsp3) is 0.300. The van der Waals surface area contributed by atoms with E-state index in [1.54, 1.807) is 4.90 Å². The molecule has 0 unspecified atom stereocenters. The van der Waals surface area contributed by atoms with Gasteiger partial charge in [-0.2, -0.15) is 5.10 Å². The number of fused-ring (bicyclic) bond motifs is 1. The van der Waals surface area contributed by atoms with Crippen molar-refractivity contribution in [2.24, 2.45) is 0 Å². The van der Waals surface area contributed by atoms with Crippen LogP contribution in [-0.4, -0.2) is 39.1 Å². The van der Waals surface area contributed by atoms with Gasteiger partial charge in [-0.3, -0.25) is 9.59 Å². The quantitative estimate of drug-likeness (QED) is 0.733. The third kappa shape index (κ3) is 3.55. The SMILES string of the molecule is CCOc1ccc(-c2nc(C)c(C(=O)N3CCc4n[nH]c(=O)cc4C3)s2)cc1. The molecule has 3 aromatic rings. The first-order valence-corrected chi connectivity index (χ1v) is 9.94. The summed E-state index contributed by atoms with van der Waals surface area (Å²) in [5, 5.41) is 7.33. The number of carbonyl (C=O) groups excluding carboxylic acids is 1. The van der Waals surface area contributed by atoms with E-state index in [4.69, 9.17) is 4.74 Å². The van der Waals surface area contributed by atoms with Gasteiger partial charge in [-0.25, -0.2) is 10.1 Å². The molecular formula is C20H20N4O3S. The number of aromatic nitrogens is 3. The lowest BCUT2D eigenvalue weighted by atomic mass is 10.1. The van der Waals surface area contributed by atoms with Crippen molar-refractivity contribution in [2.45, 2.75) is 26.8 Å². The zero-order valence-electron chi connectivity index (χ0n) is 15.7. The molecule has 0 saturated heterocycles. The molecule has 0 saturated carbocycles. The van der Waals surface area contributed by atoms with Crippen molar-refractivity contribution in [1.82, 2.24) is 20.1 Å². The maximum atomic E-state index is 13.1. The lowest BCUT2D eigenvalue weighted by Crippen LogP contribution is -2.37. The Morgan fingerprint density at radius 2 is 2.11 bits per heavy atom. The Morgan fingerprint density at radius 1 is 1.32 bits per heavy atom. The maximum Gasteiger partial charge on any atom is 0.266 e. The topological polar surface area (TPSA) is 88.2 Å². The predicted octanol–water partition coefficient (Wildman–Crippen LogP) is 2.80. The second-order valence-corrected chi connectivity index (χ2v) is 7.57. The highest BCUT2D eigenvalue weighted by molar-refractivity contribution is 7.17. The largest absolute Gasteiger partial charge is 0.494 e. The summed E-state index contributed by atoms with van der Waals surface area (Å²) >= 11 is 1.39. The third-order valence-electron chi connectivity index (χ3n) is 4.65. The van der Waals surface area contributed by atoms with Crippen LogP contribution >= 0.6 is 11.3 Å². The summed E-state index contributed by atoms with van der Waals surface area (Å²) in [7, 11) is 0. The summed E-state index contributed by atoms with van der Waals surface area (Å²) in [6, 6.07) is 9.23. The van der Waals surface area contributed by atoms with Crippen LogP contribution in [0.3, 0.4) is 0 Å². The van der Waals surface area contributed by atoms with E-state index in [1.807, 2.05) is 38.1 Å². The van der Waals surface area contributed by atoms with Gasteiger partial charge in [0.05, 0.1) is 18.0 Å². The molecule has 0 spiro atoms. The van der Waals surface area contributed by atoms with E-state index in [0.29, 0.717) is 36.7 Å². The van der Waals surface area contributed by atoms with Gasteiger partial charge in [0.15, 0.2) is 0 Å². The third-order valence-corrected chi connectivity index (χ3v) is 5.84. The van der Waals surface area contributed by atoms with E-state index >= 15 is 0 Å². The second kappa shape index (κ2) is 7.55. The van der Waals surface area contributed by atoms with Gasteiger partial charge >= 0.3 is 0 Å². The molecule has 7 nitrogen and oxygen atoms in total. The summed E-state index contributed by atoms with van der Waals surface area (Å²) in [4.78, 5) is 31.6. The number of hydrogen-bond acceptors (Lipinski definition) is 6. The van der Waals surface area contributed by atoms with Crippen molar-refractivity contribution in [1.29, 1.82) is 0 Å². The molecule has 0 bridgehead atoms. The van der Waals surface area contributed by atoms with Crippen molar-refractivity contribution in [3.8, 4) is 16.3 Å². The molecule has 1 aromatic carbocycles. The summed E-state index contributed by atoms with van der Waals surface area (Å²) in [6.07, 6.45) is 0.626. The van der Waals surface area contributed by atoms with Gasteiger partial charge in [0.25, 0.3) is 11.5 Å². The molecule has 28 heavy (non-hydrogen) atoms. The number of nitrogens with zero attached hydrogens (tertiary/aromatic N) is 3. The summed E-state index contributed by atoms with van der Waals surface area (Å²) in [5.41, 5.74) is 3.07. The van der Waals surface area contributed by atoms with Crippen LogP contribution in [0.25, 0.3) is 10.6 Å². The lowest BCUT2D eigenvalue weighted by molar-refractivity contribution is 0.0737. The van der Waals surface area contributed by atoms with E-state index in [9.17, 15) is 9.59 Å². The van der Waals surface area contributed by atoms with E-state index in [-0.39, 0.29) is 11.5 Å². The number of carbonyl (C=O) groups is 1. The fourth-order valence-corrected chi connectivity index (χ4v) is 4.28. The first-order valence-electron chi connectivity index (χ1n) is 9.12. The number of thiazole rings is 1. The zero-order chi connectivity index (χ0) is 19.7. The first-order chi connectivity index (χ1) is 13.5. The minimum atomic E-state index is -0.250. The number of nitrogens with one attached hydrogen (secondary N) is 1. The highest BCUT2D eigenvalue weighted by Crippen LogP contribution is 2.31. The van der Waals surface area contributed by atoms with Crippen LogP contribution in [0.15, 0.2) is 35.1 Å². The molecule has 0 aliphatic carbocycles.